The number of aryl methyl sites for hydroxylation is 2. The molecule has 0 radical (unpaired) electrons. The van der Waals surface area contributed by atoms with Crippen molar-refractivity contribution in [2.45, 2.75) is 18.9 Å². The van der Waals surface area contributed by atoms with Crippen molar-refractivity contribution in [3.8, 4) is 5.69 Å². The first-order valence-electron chi connectivity index (χ1n) is 8.71. The lowest BCUT2D eigenvalue weighted by Crippen LogP contribution is -2.23. The van der Waals surface area contributed by atoms with Crippen LogP contribution in [0, 0.1) is 6.92 Å². The summed E-state index contributed by atoms with van der Waals surface area (Å²) in [6.07, 6.45) is -2.53. The fraction of sp³-hybridized carbons (Fsp3) is 0.263. The van der Waals surface area contributed by atoms with Gasteiger partial charge in [-0.2, -0.15) is 22.5 Å². The van der Waals surface area contributed by atoms with Crippen LogP contribution in [0.2, 0.25) is 0 Å². The van der Waals surface area contributed by atoms with Gasteiger partial charge in [0, 0.05) is 12.8 Å². The smallest absolute Gasteiger partial charge is 0.244 e. The Morgan fingerprint density at radius 1 is 1.13 bits per heavy atom. The largest absolute Gasteiger partial charge is 0.416 e. The Balaban J connectivity index is 1.84. The van der Waals surface area contributed by atoms with E-state index in [1.54, 1.807) is 6.07 Å². The first kappa shape index (κ1) is 22.2. The number of aliphatic imine (C=N–C) groups is 1. The summed E-state index contributed by atoms with van der Waals surface area (Å²) >= 11 is 2.83. The number of rotatable bonds is 4. The van der Waals surface area contributed by atoms with Gasteiger partial charge in [-0.05, 0) is 65.1 Å². The van der Waals surface area contributed by atoms with E-state index in [4.69, 9.17) is 0 Å². The quantitative estimate of drug-likeness (QED) is 0.428. The number of halogens is 3. The SMILES string of the molecule is CS/C(=N\c1ccc(C(F)(F)F)cc1)SCc1c(C)cccc1-n1nnn(C)c1=O. The predicted molar refractivity (Wildman–Crippen MR) is 115 cm³/mol. The highest BCUT2D eigenvalue weighted by Crippen LogP contribution is 2.32. The molecule has 6 nitrogen and oxygen atoms in total. The highest BCUT2D eigenvalue weighted by Gasteiger charge is 2.29. The molecule has 11 heteroatoms. The van der Waals surface area contributed by atoms with Crippen molar-refractivity contribution in [2.24, 2.45) is 12.0 Å². The number of tetrazole rings is 1. The Labute approximate surface area is 179 Å². The van der Waals surface area contributed by atoms with E-state index in [1.165, 1.54) is 47.4 Å². The van der Waals surface area contributed by atoms with Crippen LogP contribution in [0.4, 0.5) is 18.9 Å². The van der Waals surface area contributed by atoms with Crippen LogP contribution in [0.15, 0.2) is 52.3 Å². The molecule has 3 rings (SSSR count). The Hall–Kier alpha value is -2.53. The topological polar surface area (TPSA) is 65.1 Å². The van der Waals surface area contributed by atoms with Crippen molar-refractivity contribution in [2.75, 3.05) is 6.26 Å². The summed E-state index contributed by atoms with van der Waals surface area (Å²) in [4.78, 5) is 16.7. The van der Waals surface area contributed by atoms with Gasteiger partial charge in [-0.15, -0.1) is 11.8 Å². The maximum Gasteiger partial charge on any atom is 0.416 e. The summed E-state index contributed by atoms with van der Waals surface area (Å²) in [5, 5.41) is 7.67. The lowest BCUT2D eigenvalue weighted by Gasteiger charge is -2.12. The van der Waals surface area contributed by atoms with Crippen LogP contribution < -0.4 is 5.69 Å². The minimum atomic E-state index is -4.38. The molecule has 0 fully saturated rings. The van der Waals surface area contributed by atoms with Gasteiger partial charge in [-0.3, -0.25) is 0 Å². The maximum atomic E-state index is 12.7. The van der Waals surface area contributed by atoms with Gasteiger partial charge in [0.1, 0.15) is 4.38 Å². The predicted octanol–water partition coefficient (Wildman–Crippen LogP) is 4.58. The summed E-state index contributed by atoms with van der Waals surface area (Å²) < 4.78 is 41.3. The van der Waals surface area contributed by atoms with Crippen molar-refractivity contribution >= 4 is 33.6 Å². The molecular formula is C19H18F3N5OS2. The summed E-state index contributed by atoms with van der Waals surface area (Å²) in [6, 6.07) is 10.3. The van der Waals surface area contributed by atoms with Gasteiger partial charge in [0.2, 0.25) is 0 Å². The highest BCUT2D eigenvalue weighted by atomic mass is 32.2. The lowest BCUT2D eigenvalue weighted by atomic mass is 10.1. The van der Waals surface area contributed by atoms with Gasteiger partial charge in [0.25, 0.3) is 0 Å². The molecule has 0 aliphatic heterocycles. The van der Waals surface area contributed by atoms with E-state index in [0.717, 1.165) is 27.9 Å². The van der Waals surface area contributed by atoms with E-state index in [-0.39, 0.29) is 5.69 Å². The summed E-state index contributed by atoms with van der Waals surface area (Å²) in [5.74, 6) is 0.505. The molecule has 0 unspecified atom stereocenters. The van der Waals surface area contributed by atoms with Gasteiger partial charge in [0.05, 0.1) is 16.9 Å². The van der Waals surface area contributed by atoms with Crippen LogP contribution in [-0.2, 0) is 19.0 Å². The first-order valence-corrected chi connectivity index (χ1v) is 10.9. The van der Waals surface area contributed by atoms with Crippen LogP contribution in [0.3, 0.4) is 0 Å². The fourth-order valence-corrected chi connectivity index (χ4v) is 4.30. The van der Waals surface area contributed by atoms with Crippen LogP contribution >= 0.6 is 23.5 Å². The van der Waals surface area contributed by atoms with Crippen molar-refractivity contribution in [3.05, 3.63) is 69.6 Å². The van der Waals surface area contributed by atoms with Gasteiger partial charge >= 0.3 is 11.9 Å². The number of alkyl halides is 3. The van der Waals surface area contributed by atoms with Gasteiger partial charge in [-0.1, -0.05) is 23.9 Å². The number of thioether (sulfide) groups is 2. The minimum Gasteiger partial charge on any atom is -0.244 e. The molecule has 1 aromatic heterocycles. The number of benzene rings is 2. The van der Waals surface area contributed by atoms with Crippen molar-refractivity contribution in [1.29, 1.82) is 0 Å². The third-order valence-electron chi connectivity index (χ3n) is 4.26. The monoisotopic (exact) mass is 453 g/mol. The molecule has 0 bridgehead atoms. The van der Waals surface area contributed by atoms with E-state index < -0.39 is 11.7 Å². The first-order chi connectivity index (χ1) is 14.2. The number of nitrogens with zero attached hydrogens (tertiary/aromatic N) is 5. The van der Waals surface area contributed by atoms with Crippen LogP contribution in [0.5, 0.6) is 0 Å². The number of hydrogen-bond acceptors (Lipinski definition) is 6. The average Bonchev–Trinajstić information content (AvgIpc) is 3.04. The summed E-state index contributed by atoms with van der Waals surface area (Å²) in [7, 11) is 1.53. The van der Waals surface area contributed by atoms with Gasteiger partial charge in [-0.25, -0.2) is 9.79 Å². The van der Waals surface area contributed by atoms with Crippen molar-refractivity contribution < 1.29 is 13.2 Å². The normalized spacial score (nSPS) is 12.4. The van der Waals surface area contributed by atoms with Crippen molar-refractivity contribution in [1.82, 2.24) is 19.8 Å². The second kappa shape index (κ2) is 9.09. The Bertz CT molecular complexity index is 1120. The van der Waals surface area contributed by atoms with Crippen LogP contribution in [-0.4, -0.2) is 30.4 Å². The zero-order chi connectivity index (χ0) is 21.9. The van der Waals surface area contributed by atoms with E-state index in [2.05, 4.69) is 15.4 Å². The standard InChI is InChI=1S/C19H18F3N5OS2/c1-12-5-4-6-16(27-18(28)26(2)24-25-27)15(12)11-30-17(29-3)23-14-9-7-13(8-10-14)19(20,21)22/h4-10H,11H2,1-3H3/b23-17+. The molecule has 3 aromatic rings. The van der Waals surface area contributed by atoms with Gasteiger partial charge in [0.15, 0.2) is 0 Å². The van der Waals surface area contributed by atoms with E-state index in [0.29, 0.717) is 21.5 Å². The summed E-state index contributed by atoms with van der Waals surface area (Å²) in [6.45, 7) is 1.94. The molecule has 0 aliphatic rings. The molecule has 0 amide bonds. The van der Waals surface area contributed by atoms with E-state index >= 15 is 0 Å². The van der Waals surface area contributed by atoms with E-state index in [9.17, 15) is 18.0 Å². The molecule has 0 atom stereocenters. The van der Waals surface area contributed by atoms with E-state index in [1.807, 2.05) is 25.3 Å². The zero-order valence-electron chi connectivity index (χ0n) is 16.3. The van der Waals surface area contributed by atoms with Crippen LogP contribution in [0.25, 0.3) is 5.69 Å². The second-order valence-corrected chi connectivity index (χ2v) is 8.30. The molecule has 158 valence electrons. The van der Waals surface area contributed by atoms with Crippen molar-refractivity contribution in [3.63, 3.8) is 0 Å². The molecule has 0 aliphatic carbocycles. The molecule has 0 saturated heterocycles. The number of aromatic nitrogens is 4. The average molecular weight is 454 g/mol. The lowest BCUT2D eigenvalue weighted by molar-refractivity contribution is -0.137. The zero-order valence-corrected chi connectivity index (χ0v) is 18.0. The molecule has 30 heavy (non-hydrogen) atoms. The maximum absolute atomic E-state index is 12.7. The highest BCUT2D eigenvalue weighted by molar-refractivity contribution is 8.38. The number of hydrogen-bond donors (Lipinski definition) is 0. The molecule has 0 saturated carbocycles. The van der Waals surface area contributed by atoms with Gasteiger partial charge < -0.3 is 0 Å². The molecule has 0 spiro atoms. The third-order valence-corrected chi connectivity index (χ3v) is 6.33. The minimum absolute atomic E-state index is 0.352. The Morgan fingerprint density at radius 3 is 2.40 bits per heavy atom. The third kappa shape index (κ3) is 4.96. The van der Waals surface area contributed by atoms with Crippen LogP contribution in [0.1, 0.15) is 16.7 Å². The Morgan fingerprint density at radius 2 is 1.83 bits per heavy atom. The second-order valence-electron chi connectivity index (χ2n) is 6.28. The molecule has 1 heterocycles. The summed E-state index contributed by atoms with van der Waals surface area (Å²) in [5.41, 5.74) is 1.89. The molecular weight excluding hydrogens is 435 g/mol. The fourth-order valence-electron chi connectivity index (χ4n) is 2.64. The molecule has 0 N–H and O–H groups in total. The molecule has 2 aromatic carbocycles. The Kier molecular flexibility index (Phi) is 6.71.